The molecule has 1 aliphatic carbocycles. The van der Waals surface area contributed by atoms with Crippen LogP contribution in [0.3, 0.4) is 0 Å². The standard InChI is InChI=1S/C17H15N3O2S/c21-17(22)11-6-4-10(5-7-11)8-18-15-14-12-2-1-3-13(12)23-16(14)20-9-19-15/h4-7,9H,1-3,8H2,(H,21,22)(H,18,19,20). The predicted octanol–water partition coefficient (Wildman–Crippen LogP) is 3.49. The minimum Gasteiger partial charge on any atom is -0.478 e. The lowest BCUT2D eigenvalue weighted by Gasteiger charge is -2.08. The van der Waals surface area contributed by atoms with Crippen LogP contribution in [0.15, 0.2) is 30.6 Å². The molecule has 0 aliphatic heterocycles. The number of nitrogens with zero attached hydrogens (tertiary/aromatic N) is 2. The fraction of sp³-hybridized carbons (Fsp3) is 0.235. The van der Waals surface area contributed by atoms with Crippen molar-refractivity contribution in [2.45, 2.75) is 25.8 Å². The summed E-state index contributed by atoms with van der Waals surface area (Å²) in [6.07, 6.45) is 5.06. The van der Waals surface area contributed by atoms with Gasteiger partial charge in [0, 0.05) is 11.4 Å². The molecular formula is C17H15N3O2S. The SMILES string of the molecule is O=C(O)c1ccc(CNc2ncnc3sc4c(c23)CCC4)cc1. The smallest absolute Gasteiger partial charge is 0.335 e. The number of rotatable bonds is 4. The summed E-state index contributed by atoms with van der Waals surface area (Å²) >= 11 is 1.77. The van der Waals surface area contributed by atoms with Gasteiger partial charge in [0.2, 0.25) is 0 Å². The highest BCUT2D eigenvalue weighted by Gasteiger charge is 2.20. The summed E-state index contributed by atoms with van der Waals surface area (Å²) in [5.41, 5.74) is 2.72. The molecule has 5 nitrogen and oxygen atoms in total. The Balaban J connectivity index is 1.59. The summed E-state index contributed by atoms with van der Waals surface area (Å²) in [6.45, 7) is 0.608. The van der Waals surface area contributed by atoms with E-state index in [0.717, 1.165) is 34.4 Å². The van der Waals surface area contributed by atoms with Crippen LogP contribution >= 0.6 is 11.3 Å². The van der Waals surface area contributed by atoms with Gasteiger partial charge in [-0.15, -0.1) is 11.3 Å². The largest absolute Gasteiger partial charge is 0.478 e. The van der Waals surface area contributed by atoms with E-state index in [1.54, 1.807) is 29.8 Å². The van der Waals surface area contributed by atoms with Crippen LogP contribution < -0.4 is 5.32 Å². The van der Waals surface area contributed by atoms with E-state index < -0.39 is 5.97 Å². The highest BCUT2D eigenvalue weighted by molar-refractivity contribution is 7.19. The lowest BCUT2D eigenvalue weighted by Crippen LogP contribution is -2.03. The first-order valence-electron chi connectivity index (χ1n) is 7.54. The zero-order chi connectivity index (χ0) is 15.8. The van der Waals surface area contributed by atoms with Crippen molar-refractivity contribution in [3.8, 4) is 0 Å². The third-order valence-corrected chi connectivity index (χ3v) is 5.36. The van der Waals surface area contributed by atoms with Crippen molar-refractivity contribution in [1.82, 2.24) is 9.97 Å². The van der Waals surface area contributed by atoms with Crippen molar-refractivity contribution in [2.24, 2.45) is 0 Å². The molecule has 0 radical (unpaired) electrons. The molecule has 116 valence electrons. The first-order valence-corrected chi connectivity index (χ1v) is 8.35. The van der Waals surface area contributed by atoms with Gasteiger partial charge in [0.05, 0.1) is 10.9 Å². The molecule has 0 spiro atoms. The molecule has 3 aromatic rings. The van der Waals surface area contributed by atoms with Gasteiger partial charge in [0.1, 0.15) is 17.0 Å². The van der Waals surface area contributed by atoms with Crippen molar-refractivity contribution >= 4 is 33.3 Å². The molecule has 2 aromatic heterocycles. The highest BCUT2D eigenvalue weighted by atomic mass is 32.1. The van der Waals surface area contributed by atoms with E-state index in [2.05, 4.69) is 15.3 Å². The Bertz CT molecular complexity index is 887. The molecule has 0 saturated heterocycles. The second-order valence-corrected chi connectivity index (χ2v) is 6.70. The molecular weight excluding hydrogens is 310 g/mol. The van der Waals surface area contributed by atoms with Gasteiger partial charge < -0.3 is 10.4 Å². The molecule has 6 heteroatoms. The van der Waals surface area contributed by atoms with Crippen molar-refractivity contribution in [2.75, 3.05) is 5.32 Å². The third kappa shape index (κ3) is 2.55. The van der Waals surface area contributed by atoms with Crippen molar-refractivity contribution in [1.29, 1.82) is 0 Å². The van der Waals surface area contributed by atoms with Crippen LogP contribution in [-0.4, -0.2) is 21.0 Å². The van der Waals surface area contributed by atoms with Crippen LogP contribution in [0, 0.1) is 0 Å². The van der Waals surface area contributed by atoms with E-state index in [-0.39, 0.29) is 0 Å². The molecule has 0 atom stereocenters. The quantitative estimate of drug-likeness (QED) is 0.768. The maximum atomic E-state index is 10.9. The number of carboxylic acid groups (broad SMARTS) is 1. The van der Waals surface area contributed by atoms with Gasteiger partial charge in [-0.25, -0.2) is 14.8 Å². The molecule has 23 heavy (non-hydrogen) atoms. The first-order chi connectivity index (χ1) is 11.2. The number of benzene rings is 1. The molecule has 1 aliphatic rings. The van der Waals surface area contributed by atoms with Gasteiger partial charge >= 0.3 is 5.97 Å². The molecule has 0 saturated carbocycles. The van der Waals surface area contributed by atoms with Crippen LogP contribution in [0.2, 0.25) is 0 Å². The molecule has 0 fully saturated rings. The monoisotopic (exact) mass is 325 g/mol. The topological polar surface area (TPSA) is 75.1 Å². The first kappa shape index (κ1) is 14.1. The fourth-order valence-electron chi connectivity index (χ4n) is 3.01. The second-order valence-electron chi connectivity index (χ2n) is 5.62. The van der Waals surface area contributed by atoms with Gasteiger partial charge in [-0.2, -0.15) is 0 Å². The van der Waals surface area contributed by atoms with Crippen molar-refractivity contribution in [3.05, 3.63) is 52.2 Å². The van der Waals surface area contributed by atoms with E-state index in [9.17, 15) is 4.79 Å². The number of aromatic nitrogens is 2. The number of aromatic carboxylic acids is 1. The number of hydrogen-bond acceptors (Lipinski definition) is 5. The second kappa shape index (κ2) is 5.62. The summed E-state index contributed by atoms with van der Waals surface area (Å²) in [5, 5.41) is 13.5. The van der Waals surface area contributed by atoms with E-state index in [1.807, 2.05) is 12.1 Å². The lowest BCUT2D eigenvalue weighted by molar-refractivity contribution is 0.0697. The van der Waals surface area contributed by atoms with E-state index >= 15 is 0 Å². The van der Waals surface area contributed by atoms with E-state index in [4.69, 9.17) is 5.11 Å². The van der Waals surface area contributed by atoms with E-state index in [1.165, 1.54) is 16.9 Å². The third-order valence-electron chi connectivity index (χ3n) is 4.16. The zero-order valence-electron chi connectivity index (χ0n) is 12.4. The van der Waals surface area contributed by atoms with Crippen LogP contribution in [-0.2, 0) is 19.4 Å². The van der Waals surface area contributed by atoms with Crippen LogP contribution in [0.25, 0.3) is 10.2 Å². The normalized spacial score (nSPS) is 13.2. The Labute approximate surface area is 137 Å². The summed E-state index contributed by atoms with van der Waals surface area (Å²) in [7, 11) is 0. The molecule has 2 N–H and O–H groups in total. The van der Waals surface area contributed by atoms with Gasteiger partial charge in [0.15, 0.2) is 0 Å². The maximum Gasteiger partial charge on any atom is 0.335 e. The number of aryl methyl sites for hydroxylation is 2. The number of fused-ring (bicyclic) bond motifs is 3. The number of anilines is 1. The molecule has 0 amide bonds. The zero-order valence-corrected chi connectivity index (χ0v) is 13.2. The fourth-order valence-corrected chi connectivity index (χ4v) is 4.24. The van der Waals surface area contributed by atoms with Crippen LogP contribution in [0.1, 0.15) is 32.8 Å². The van der Waals surface area contributed by atoms with Gasteiger partial charge in [-0.05, 0) is 42.5 Å². The molecule has 0 bridgehead atoms. The lowest BCUT2D eigenvalue weighted by atomic mass is 10.1. The minimum absolute atomic E-state index is 0.300. The van der Waals surface area contributed by atoms with Crippen LogP contribution in [0.5, 0.6) is 0 Å². The number of hydrogen-bond donors (Lipinski definition) is 2. The molecule has 1 aromatic carbocycles. The molecule has 2 heterocycles. The van der Waals surface area contributed by atoms with Crippen molar-refractivity contribution < 1.29 is 9.90 Å². The average molecular weight is 325 g/mol. The summed E-state index contributed by atoms with van der Waals surface area (Å²) in [5.74, 6) is -0.0347. The Morgan fingerprint density at radius 3 is 2.83 bits per heavy atom. The number of carboxylic acids is 1. The molecule has 4 rings (SSSR count). The Morgan fingerprint density at radius 2 is 2.04 bits per heavy atom. The minimum atomic E-state index is -0.907. The summed E-state index contributed by atoms with van der Waals surface area (Å²) in [6, 6.07) is 6.90. The van der Waals surface area contributed by atoms with Crippen LogP contribution in [0.4, 0.5) is 5.82 Å². The van der Waals surface area contributed by atoms with E-state index in [0.29, 0.717) is 12.1 Å². The number of nitrogens with one attached hydrogen (secondary N) is 1. The van der Waals surface area contributed by atoms with Gasteiger partial charge in [-0.1, -0.05) is 12.1 Å². The molecule has 0 unspecified atom stereocenters. The summed E-state index contributed by atoms with van der Waals surface area (Å²) < 4.78 is 0. The van der Waals surface area contributed by atoms with Gasteiger partial charge in [0.25, 0.3) is 0 Å². The Morgan fingerprint density at radius 1 is 1.22 bits per heavy atom. The Kier molecular flexibility index (Phi) is 3.46. The average Bonchev–Trinajstić information content (AvgIpc) is 3.14. The van der Waals surface area contributed by atoms with Gasteiger partial charge in [-0.3, -0.25) is 0 Å². The van der Waals surface area contributed by atoms with Crippen molar-refractivity contribution in [3.63, 3.8) is 0 Å². The highest BCUT2D eigenvalue weighted by Crippen LogP contribution is 2.39. The Hall–Kier alpha value is -2.47. The maximum absolute atomic E-state index is 10.9. The predicted molar refractivity (Wildman–Crippen MR) is 90.2 cm³/mol. The number of carbonyl (C=O) groups is 1. The summed E-state index contributed by atoms with van der Waals surface area (Å²) in [4.78, 5) is 22.2. The number of thiophene rings is 1.